The molecule has 1 rings (SSSR count). The van der Waals surface area contributed by atoms with Gasteiger partial charge in [0, 0.05) is 17.1 Å². The van der Waals surface area contributed by atoms with Crippen molar-refractivity contribution in [3.63, 3.8) is 0 Å². The minimum atomic E-state index is -3.58. The van der Waals surface area contributed by atoms with Gasteiger partial charge in [-0.25, -0.2) is 13.1 Å². The van der Waals surface area contributed by atoms with Gasteiger partial charge in [0.1, 0.15) is 4.90 Å². The van der Waals surface area contributed by atoms with Crippen LogP contribution in [-0.2, 0) is 10.0 Å². The molecule has 0 aliphatic rings. The first kappa shape index (κ1) is 19.1. The monoisotopic (exact) mass is 390 g/mol. The molecule has 8 heteroatoms. The fraction of sp³-hybridized carbons (Fsp3) is 0.455. The quantitative estimate of drug-likeness (QED) is 0.783. The van der Waals surface area contributed by atoms with Gasteiger partial charge in [-0.2, -0.15) is 0 Å². The molecule has 1 aromatic rings. The predicted octanol–water partition coefficient (Wildman–Crippen LogP) is 2.80. The highest BCUT2D eigenvalue weighted by Crippen LogP contribution is 2.24. The van der Waals surface area contributed by atoms with Gasteiger partial charge in [-0.1, -0.05) is 34.5 Å². The summed E-state index contributed by atoms with van der Waals surface area (Å²) < 4.78 is 27.3. The summed E-state index contributed by atoms with van der Waals surface area (Å²) >= 11 is 9.13. The third kappa shape index (κ3) is 5.97. The molecule has 0 fully saturated rings. The zero-order chi connectivity index (χ0) is 13.8. The summed E-state index contributed by atoms with van der Waals surface area (Å²) in [4.78, 5) is 0.0854. The van der Waals surface area contributed by atoms with E-state index in [9.17, 15) is 8.42 Å². The molecule has 0 aliphatic carbocycles. The average Bonchev–Trinajstić information content (AvgIpc) is 2.30. The number of halogens is 3. The van der Waals surface area contributed by atoms with Crippen molar-refractivity contribution in [3.8, 4) is 0 Å². The lowest BCUT2D eigenvalue weighted by Gasteiger charge is -2.14. The van der Waals surface area contributed by atoms with Crippen LogP contribution in [0.1, 0.15) is 13.8 Å². The Morgan fingerprint density at radius 1 is 1.42 bits per heavy atom. The molecule has 0 radical (unpaired) electrons. The van der Waals surface area contributed by atoms with E-state index in [1.54, 1.807) is 12.1 Å². The Labute approximate surface area is 133 Å². The van der Waals surface area contributed by atoms with Crippen molar-refractivity contribution in [2.24, 2.45) is 0 Å². The Hall–Kier alpha value is 0.150. The molecule has 0 bridgehead atoms. The Morgan fingerprint density at radius 3 is 2.63 bits per heavy atom. The second-order valence-corrected chi connectivity index (χ2v) is 6.94. The van der Waals surface area contributed by atoms with Gasteiger partial charge in [0.05, 0.1) is 5.02 Å². The van der Waals surface area contributed by atoms with Gasteiger partial charge >= 0.3 is 0 Å². The molecule has 110 valence electrons. The van der Waals surface area contributed by atoms with Crippen molar-refractivity contribution in [2.75, 3.05) is 13.1 Å². The number of rotatable bonds is 6. The summed E-state index contributed by atoms with van der Waals surface area (Å²) in [6, 6.07) is 4.80. The first-order valence-corrected chi connectivity index (χ1v) is 8.20. The van der Waals surface area contributed by atoms with Gasteiger partial charge < -0.3 is 5.32 Å². The molecule has 0 aromatic heterocycles. The normalized spacial score (nSPS) is 12.8. The summed E-state index contributed by atoms with van der Waals surface area (Å²) in [5.74, 6) is 0. The van der Waals surface area contributed by atoms with Crippen LogP contribution in [0.3, 0.4) is 0 Å². The molecular weight excluding hydrogens is 375 g/mol. The van der Waals surface area contributed by atoms with E-state index in [0.29, 0.717) is 11.0 Å². The molecule has 0 unspecified atom stereocenters. The maximum absolute atomic E-state index is 12.1. The molecule has 0 spiro atoms. The first-order valence-electron chi connectivity index (χ1n) is 5.55. The number of sulfonamides is 1. The van der Waals surface area contributed by atoms with Crippen LogP contribution in [0.4, 0.5) is 0 Å². The number of hydrogen-bond acceptors (Lipinski definition) is 3. The topological polar surface area (TPSA) is 58.2 Å². The number of benzene rings is 1. The van der Waals surface area contributed by atoms with E-state index in [0.717, 1.165) is 6.54 Å². The van der Waals surface area contributed by atoms with E-state index in [1.807, 2.05) is 13.8 Å². The Bertz CT molecular complexity index is 511. The smallest absolute Gasteiger partial charge is 0.242 e. The van der Waals surface area contributed by atoms with E-state index in [-0.39, 0.29) is 28.4 Å². The van der Waals surface area contributed by atoms with E-state index in [2.05, 4.69) is 26.0 Å². The Morgan fingerprint density at radius 2 is 2.05 bits per heavy atom. The van der Waals surface area contributed by atoms with Crippen LogP contribution >= 0.6 is 39.9 Å². The average molecular weight is 392 g/mol. The maximum Gasteiger partial charge on any atom is 0.242 e. The molecule has 1 aromatic carbocycles. The summed E-state index contributed by atoms with van der Waals surface area (Å²) in [6.07, 6.45) is 0. The van der Waals surface area contributed by atoms with E-state index < -0.39 is 10.0 Å². The summed E-state index contributed by atoms with van der Waals surface area (Å²) in [5, 5.41) is 3.34. The SMILES string of the molecule is CCN[C@H](C)CNS(=O)(=O)c1cc(Br)ccc1Cl.Cl. The Balaban J connectivity index is 0.00000324. The van der Waals surface area contributed by atoms with Gasteiger partial charge in [-0.15, -0.1) is 12.4 Å². The lowest BCUT2D eigenvalue weighted by atomic mass is 10.3. The van der Waals surface area contributed by atoms with Gasteiger partial charge in [0.15, 0.2) is 0 Å². The minimum Gasteiger partial charge on any atom is -0.313 e. The highest BCUT2D eigenvalue weighted by molar-refractivity contribution is 9.10. The molecule has 4 nitrogen and oxygen atoms in total. The van der Waals surface area contributed by atoms with Crippen molar-refractivity contribution in [3.05, 3.63) is 27.7 Å². The van der Waals surface area contributed by atoms with Crippen LogP contribution in [0.2, 0.25) is 5.02 Å². The summed E-state index contributed by atoms with van der Waals surface area (Å²) in [7, 11) is -3.58. The zero-order valence-electron chi connectivity index (χ0n) is 10.6. The van der Waals surface area contributed by atoms with Gasteiger partial charge in [0.25, 0.3) is 0 Å². The molecule has 1 atom stereocenters. The van der Waals surface area contributed by atoms with Crippen LogP contribution in [0.15, 0.2) is 27.6 Å². The van der Waals surface area contributed by atoms with Crippen LogP contribution in [0.5, 0.6) is 0 Å². The standard InChI is InChI=1S/C11H16BrClN2O2S.ClH/c1-3-14-8(2)7-15-18(16,17)11-6-9(12)4-5-10(11)13;/h4-6,8,14-15H,3,7H2,1-2H3;1H/t8-;/m1./s1. The maximum atomic E-state index is 12.1. The lowest BCUT2D eigenvalue weighted by Crippen LogP contribution is -2.38. The molecule has 2 N–H and O–H groups in total. The molecule has 0 heterocycles. The molecule has 19 heavy (non-hydrogen) atoms. The van der Waals surface area contributed by atoms with E-state index >= 15 is 0 Å². The van der Waals surface area contributed by atoms with Crippen LogP contribution in [0, 0.1) is 0 Å². The van der Waals surface area contributed by atoms with Crippen molar-refractivity contribution in [1.82, 2.24) is 10.0 Å². The fourth-order valence-corrected chi connectivity index (χ4v) is 3.58. The zero-order valence-corrected chi connectivity index (χ0v) is 14.6. The third-order valence-corrected chi connectivity index (χ3v) is 4.71. The van der Waals surface area contributed by atoms with Crippen LogP contribution < -0.4 is 10.0 Å². The highest BCUT2D eigenvalue weighted by Gasteiger charge is 2.18. The molecule has 0 saturated carbocycles. The first-order chi connectivity index (χ1) is 8.36. The van der Waals surface area contributed by atoms with Crippen molar-refractivity contribution in [1.29, 1.82) is 0 Å². The van der Waals surface area contributed by atoms with Gasteiger partial charge in [-0.05, 0) is 31.7 Å². The van der Waals surface area contributed by atoms with Gasteiger partial charge in [-0.3, -0.25) is 0 Å². The molecule has 0 saturated heterocycles. The number of hydrogen-bond donors (Lipinski definition) is 2. The third-order valence-electron chi connectivity index (χ3n) is 2.31. The summed E-state index contributed by atoms with van der Waals surface area (Å²) in [6.45, 7) is 4.99. The molecular formula is C11H17BrCl2N2O2S. The van der Waals surface area contributed by atoms with E-state index in [4.69, 9.17) is 11.6 Å². The second-order valence-electron chi connectivity index (χ2n) is 3.89. The molecule has 0 aliphatic heterocycles. The van der Waals surface area contributed by atoms with Crippen molar-refractivity contribution in [2.45, 2.75) is 24.8 Å². The van der Waals surface area contributed by atoms with Crippen molar-refractivity contribution >= 4 is 50.0 Å². The lowest BCUT2D eigenvalue weighted by molar-refractivity contribution is 0.536. The van der Waals surface area contributed by atoms with Crippen LogP contribution in [0.25, 0.3) is 0 Å². The minimum absolute atomic E-state index is 0. The van der Waals surface area contributed by atoms with Crippen LogP contribution in [-0.4, -0.2) is 27.5 Å². The predicted molar refractivity (Wildman–Crippen MR) is 84.7 cm³/mol. The number of likely N-dealkylation sites (N-methyl/N-ethyl adjacent to an activating group) is 1. The second kappa shape index (κ2) is 8.44. The number of nitrogens with one attached hydrogen (secondary N) is 2. The summed E-state index contributed by atoms with van der Waals surface area (Å²) in [5.41, 5.74) is 0. The molecule has 0 amide bonds. The van der Waals surface area contributed by atoms with Crippen molar-refractivity contribution < 1.29 is 8.42 Å². The highest BCUT2D eigenvalue weighted by atomic mass is 79.9. The Kier molecular flexibility index (Phi) is 8.51. The fourth-order valence-electron chi connectivity index (χ4n) is 1.42. The largest absolute Gasteiger partial charge is 0.313 e. The van der Waals surface area contributed by atoms with Gasteiger partial charge in [0.2, 0.25) is 10.0 Å². The van der Waals surface area contributed by atoms with E-state index in [1.165, 1.54) is 6.07 Å².